The molecule has 2 rings (SSSR count). The number of rotatable bonds is 6. The Morgan fingerprint density at radius 2 is 1.96 bits per heavy atom. The number of nitrogens with one attached hydrogen (secondary N) is 1. The first-order valence-corrected chi connectivity index (χ1v) is 7.75. The van der Waals surface area contributed by atoms with Gasteiger partial charge in [-0.2, -0.15) is 10.2 Å². The number of nitrogens with zero attached hydrogens (tertiary/aromatic N) is 5. The van der Waals surface area contributed by atoms with Crippen LogP contribution in [0.2, 0.25) is 0 Å². The van der Waals surface area contributed by atoms with Crippen LogP contribution >= 0.6 is 0 Å². The second kappa shape index (κ2) is 7.58. The molecule has 0 aliphatic heterocycles. The fraction of sp³-hybridized carbons (Fsp3) is 0.375. The van der Waals surface area contributed by atoms with Crippen molar-refractivity contribution in [2.45, 2.75) is 26.9 Å². The lowest BCUT2D eigenvalue weighted by atomic mass is 10.3. The summed E-state index contributed by atoms with van der Waals surface area (Å²) in [6, 6.07) is 0. The fourth-order valence-electron chi connectivity index (χ4n) is 2.14. The van der Waals surface area contributed by atoms with Gasteiger partial charge in [-0.15, -0.1) is 0 Å². The molecule has 24 heavy (non-hydrogen) atoms. The normalized spacial score (nSPS) is 11.0. The van der Waals surface area contributed by atoms with Gasteiger partial charge < -0.3 is 10.2 Å². The summed E-state index contributed by atoms with van der Waals surface area (Å²) in [5, 5.41) is 11.0. The Balaban J connectivity index is 2.14. The number of hydrogen-bond donors (Lipinski definition) is 1. The molecule has 0 spiro atoms. The van der Waals surface area contributed by atoms with Gasteiger partial charge in [0.05, 0.1) is 18.1 Å². The summed E-state index contributed by atoms with van der Waals surface area (Å²) >= 11 is 0. The van der Waals surface area contributed by atoms with E-state index < -0.39 is 0 Å². The first-order valence-electron chi connectivity index (χ1n) is 7.75. The number of carbonyl (C=O) groups is 2. The highest BCUT2D eigenvalue weighted by molar-refractivity contribution is 6.06. The lowest BCUT2D eigenvalue weighted by Crippen LogP contribution is -2.26. The average Bonchev–Trinajstić information content (AvgIpc) is 3.18. The SMILES string of the molecule is CCn1cc(/C=C/C(=O)Nc2cnn(CC)c2C(=O)N(C)C)cn1. The molecule has 0 saturated heterocycles. The summed E-state index contributed by atoms with van der Waals surface area (Å²) in [5.41, 5.74) is 1.60. The molecule has 8 nitrogen and oxygen atoms in total. The minimum absolute atomic E-state index is 0.210. The van der Waals surface area contributed by atoms with Crippen LogP contribution in [0.5, 0.6) is 0 Å². The minimum atomic E-state index is -0.331. The predicted molar refractivity (Wildman–Crippen MR) is 91.5 cm³/mol. The Morgan fingerprint density at radius 1 is 1.21 bits per heavy atom. The average molecular weight is 330 g/mol. The molecule has 0 saturated carbocycles. The molecule has 2 amide bonds. The second-order valence-corrected chi connectivity index (χ2v) is 5.37. The van der Waals surface area contributed by atoms with Crippen molar-refractivity contribution >= 4 is 23.6 Å². The molecule has 0 bridgehead atoms. The van der Waals surface area contributed by atoms with Crippen molar-refractivity contribution in [3.8, 4) is 0 Å². The third-order valence-corrected chi connectivity index (χ3v) is 3.41. The Hall–Kier alpha value is -2.90. The maximum Gasteiger partial charge on any atom is 0.273 e. The van der Waals surface area contributed by atoms with E-state index in [1.165, 1.54) is 17.2 Å². The van der Waals surface area contributed by atoms with Gasteiger partial charge in [0, 0.05) is 45.0 Å². The number of hydrogen-bond acceptors (Lipinski definition) is 4. The van der Waals surface area contributed by atoms with Crippen LogP contribution in [0.25, 0.3) is 6.08 Å². The summed E-state index contributed by atoms with van der Waals surface area (Å²) in [6.45, 7) is 5.18. The molecule has 0 aliphatic rings. The topological polar surface area (TPSA) is 85.0 Å². The van der Waals surface area contributed by atoms with E-state index in [-0.39, 0.29) is 11.8 Å². The van der Waals surface area contributed by atoms with Crippen molar-refractivity contribution in [1.29, 1.82) is 0 Å². The molecule has 2 aromatic rings. The lowest BCUT2D eigenvalue weighted by Gasteiger charge is -2.13. The summed E-state index contributed by atoms with van der Waals surface area (Å²) < 4.78 is 3.34. The molecule has 2 aromatic heterocycles. The van der Waals surface area contributed by atoms with E-state index in [1.54, 1.807) is 35.7 Å². The van der Waals surface area contributed by atoms with Gasteiger partial charge in [0.25, 0.3) is 5.91 Å². The van der Waals surface area contributed by atoms with Crippen molar-refractivity contribution in [1.82, 2.24) is 24.5 Å². The second-order valence-electron chi connectivity index (χ2n) is 5.37. The quantitative estimate of drug-likeness (QED) is 0.813. The lowest BCUT2D eigenvalue weighted by molar-refractivity contribution is -0.111. The zero-order valence-electron chi connectivity index (χ0n) is 14.4. The number of aryl methyl sites for hydroxylation is 2. The van der Waals surface area contributed by atoms with Crippen LogP contribution in [0.3, 0.4) is 0 Å². The monoisotopic (exact) mass is 330 g/mol. The number of amides is 2. The first-order chi connectivity index (χ1) is 11.5. The van der Waals surface area contributed by atoms with Gasteiger partial charge in [0.15, 0.2) is 0 Å². The molecule has 0 atom stereocenters. The molecular weight excluding hydrogens is 308 g/mol. The summed E-state index contributed by atoms with van der Waals surface area (Å²) in [5.74, 6) is -0.541. The summed E-state index contributed by atoms with van der Waals surface area (Å²) in [4.78, 5) is 25.9. The molecule has 0 aromatic carbocycles. The number of anilines is 1. The molecule has 0 fully saturated rings. The highest BCUT2D eigenvalue weighted by Gasteiger charge is 2.20. The van der Waals surface area contributed by atoms with Gasteiger partial charge in [0.1, 0.15) is 5.69 Å². The van der Waals surface area contributed by atoms with Gasteiger partial charge >= 0.3 is 0 Å². The van der Waals surface area contributed by atoms with Crippen LogP contribution in [0.4, 0.5) is 5.69 Å². The Labute approximate surface area is 140 Å². The molecule has 0 aliphatic carbocycles. The third kappa shape index (κ3) is 3.89. The van der Waals surface area contributed by atoms with Crippen molar-refractivity contribution in [3.05, 3.63) is 35.9 Å². The summed E-state index contributed by atoms with van der Waals surface area (Å²) in [6.07, 6.45) is 8.10. The maximum atomic E-state index is 12.3. The zero-order chi connectivity index (χ0) is 17.7. The van der Waals surface area contributed by atoms with Crippen LogP contribution in [0.1, 0.15) is 29.9 Å². The van der Waals surface area contributed by atoms with Crippen LogP contribution in [-0.2, 0) is 17.9 Å². The van der Waals surface area contributed by atoms with E-state index >= 15 is 0 Å². The van der Waals surface area contributed by atoms with Crippen molar-refractivity contribution in [2.24, 2.45) is 0 Å². The van der Waals surface area contributed by atoms with E-state index in [0.717, 1.165) is 12.1 Å². The highest BCUT2D eigenvalue weighted by atomic mass is 16.2. The van der Waals surface area contributed by atoms with Crippen molar-refractivity contribution < 1.29 is 9.59 Å². The van der Waals surface area contributed by atoms with Crippen LogP contribution in [-0.4, -0.2) is 50.4 Å². The summed E-state index contributed by atoms with van der Waals surface area (Å²) in [7, 11) is 3.32. The van der Waals surface area contributed by atoms with Crippen LogP contribution in [0.15, 0.2) is 24.7 Å². The van der Waals surface area contributed by atoms with Gasteiger partial charge in [-0.1, -0.05) is 0 Å². The Morgan fingerprint density at radius 3 is 2.54 bits per heavy atom. The van der Waals surface area contributed by atoms with E-state index in [4.69, 9.17) is 0 Å². The smallest absolute Gasteiger partial charge is 0.273 e. The molecular formula is C16H22N6O2. The number of carbonyl (C=O) groups excluding carboxylic acids is 2. The largest absolute Gasteiger partial charge is 0.343 e. The molecule has 0 unspecified atom stereocenters. The van der Waals surface area contributed by atoms with E-state index in [0.29, 0.717) is 17.9 Å². The molecule has 128 valence electrons. The van der Waals surface area contributed by atoms with E-state index in [2.05, 4.69) is 15.5 Å². The van der Waals surface area contributed by atoms with E-state index in [9.17, 15) is 9.59 Å². The molecule has 0 radical (unpaired) electrons. The van der Waals surface area contributed by atoms with Gasteiger partial charge in [-0.3, -0.25) is 19.0 Å². The Kier molecular flexibility index (Phi) is 5.51. The van der Waals surface area contributed by atoms with Gasteiger partial charge in [0.2, 0.25) is 5.91 Å². The highest BCUT2D eigenvalue weighted by Crippen LogP contribution is 2.17. The third-order valence-electron chi connectivity index (χ3n) is 3.41. The number of aromatic nitrogens is 4. The van der Waals surface area contributed by atoms with Gasteiger partial charge in [-0.25, -0.2) is 0 Å². The standard InChI is InChI=1S/C16H22N6O2/c1-5-21-11-12(9-17-21)7-8-14(23)19-13-10-18-22(6-2)15(13)16(24)20(3)4/h7-11H,5-6H2,1-4H3,(H,19,23)/b8-7+. The first kappa shape index (κ1) is 17.5. The minimum Gasteiger partial charge on any atom is -0.343 e. The van der Waals surface area contributed by atoms with Crippen molar-refractivity contribution in [2.75, 3.05) is 19.4 Å². The van der Waals surface area contributed by atoms with Crippen molar-refractivity contribution in [3.63, 3.8) is 0 Å². The molecule has 8 heteroatoms. The van der Waals surface area contributed by atoms with E-state index in [1.807, 2.05) is 20.0 Å². The predicted octanol–water partition coefficient (Wildman–Crippen LogP) is 1.47. The van der Waals surface area contributed by atoms with Crippen LogP contribution < -0.4 is 5.32 Å². The maximum absolute atomic E-state index is 12.3. The fourth-order valence-corrected chi connectivity index (χ4v) is 2.14. The Bertz CT molecular complexity index is 756. The zero-order valence-corrected chi connectivity index (χ0v) is 14.4. The van der Waals surface area contributed by atoms with Gasteiger partial charge in [-0.05, 0) is 19.9 Å². The molecule has 2 heterocycles. The molecule has 1 N–H and O–H groups in total. The van der Waals surface area contributed by atoms with Crippen LogP contribution in [0, 0.1) is 0 Å².